The van der Waals surface area contributed by atoms with E-state index in [2.05, 4.69) is 10.7 Å². The van der Waals surface area contributed by atoms with E-state index in [4.69, 9.17) is 31.5 Å². The lowest BCUT2D eigenvalue weighted by Gasteiger charge is -2.41. The Hall–Kier alpha value is -3.13. The van der Waals surface area contributed by atoms with Crippen LogP contribution >= 0.6 is 12.2 Å². The number of hydrogen-bond acceptors (Lipinski definition) is 6. The number of benzene rings is 2. The standard InChI is InChI=1S/C27H33N3O4S/c1-4-32-24(31)17-33-20-11-12-23-21(15-20)22(16-27(34-23)13-6-5-7-14-27)29-30-26(35)28-25-18(2)9-8-10-19(25)3/h8-12,15H,4-7,13-14,16-17H2,1-3H3,(H2,28,30,35). The lowest BCUT2D eigenvalue weighted by atomic mass is 9.78. The average molecular weight is 496 g/mol. The maximum Gasteiger partial charge on any atom is 0.344 e. The number of rotatable bonds is 6. The monoisotopic (exact) mass is 495 g/mol. The van der Waals surface area contributed by atoms with E-state index in [1.165, 1.54) is 6.42 Å². The van der Waals surface area contributed by atoms with Crippen molar-refractivity contribution >= 4 is 34.7 Å². The molecular weight excluding hydrogens is 462 g/mol. The third-order valence-corrected chi connectivity index (χ3v) is 6.71. The van der Waals surface area contributed by atoms with Crippen molar-refractivity contribution in [3.05, 3.63) is 53.1 Å². The Morgan fingerprint density at radius 2 is 1.89 bits per heavy atom. The molecule has 1 spiro atoms. The first kappa shape index (κ1) is 25.0. The third kappa shape index (κ3) is 6.11. The van der Waals surface area contributed by atoms with E-state index in [0.29, 0.717) is 23.9 Å². The van der Waals surface area contributed by atoms with E-state index < -0.39 is 5.97 Å². The number of anilines is 1. The molecule has 35 heavy (non-hydrogen) atoms. The van der Waals surface area contributed by atoms with E-state index in [0.717, 1.165) is 59.5 Å². The molecule has 1 heterocycles. The maximum absolute atomic E-state index is 11.7. The quantitative estimate of drug-likeness (QED) is 0.315. The number of esters is 1. The Balaban J connectivity index is 1.56. The number of thiocarbonyl (C=S) groups is 1. The first-order valence-corrected chi connectivity index (χ1v) is 12.6. The summed E-state index contributed by atoms with van der Waals surface area (Å²) in [7, 11) is 0. The number of carbonyl (C=O) groups excluding carboxylic acids is 1. The average Bonchev–Trinajstić information content (AvgIpc) is 2.84. The molecule has 1 saturated carbocycles. The highest BCUT2D eigenvalue weighted by Gasteiger charge is 2.40. The molecular formula is C27H33N3O4S. The summed E-state index contributed by atoms with van der Waals surface area (Å²) < 4.78 is 17.2. The Morgan fingerprint density at radius 1 is 1.14 bits per heavy atom. The van der Waals surface area contributed by atoms with Crippen LogP contribution in [0, 0.1) is 13.8 Å². The number of fused-ring (bicyclic) bond motifs is 1. The number of para-hydroxylation sites is 1. The van der Waals surface area contributed by atoms with Crippen LogP contribution in [-0.4, -0.2) is 35.6 Å². The second kappa shape index (κ2) is 11.1. The van der Waals surface area contributed by atoms with Crippen LogP contribution in [0.4, 0.5) is 5.69 Å². The van der Waals surface area contributed by atoms with Gasteiger partial charge in [0.2, 0.25) is 0 Å². The minimum atomic E-state index is -0.402. The van der Waals surface area contributed by atoms with Gasteiger partial charge in [-0.2, -0.15) is 5.10 Å². The van der Waals surface area contributed by atoms with Crippen molar-refractivity contribution in [2.45, 2.75) is 64.9 Å². The summed E-state index contributed by atoms with van der Waals surface area (Å²) >= 11 is 5.55. The van der Waals surface area contributed by atoms with Crippen LogP contribution in [0.1, 0.15) is 62.1 Å². The van der Waals surface area contributed by atoms with Crippen molar-refractivity contribution in [2.75, 3.05) is 18.5 Å². The molecule has 0 saturated heterocycles. The second-order valence-electron chi connectivity index (χ2n) is 9.17. The fourth-order valence-corrected chi connectivity index (χ4v) is 4.92. The summed E-state index contributed by atoms with van der Waals surface area (Å²) in [6, 6.07) is 11.7. The van der Waals surface area contributed by atoms with Gasteiger partial charge in [0.05, 0.1) is 12.3 Å². The molecule has 0 bridgehead atoms. The lowest BCUT2D eigenvalue weighted by molar-refractivity contribution is -0.145. The molecule has 2 aromatic rings. The zero-order valence-corrected chi connectivity index (χ0v) is 21.4. The Bertz CT molecular complexity index is 1110. The van der Waals surface area contributed by atoms with Gasteiger partial charge in [0, 0.05) is 17.7 Å². The van der Waals surface area contributed by atoms with Crippen LogP contribution in [0.25, 0.3) is 0 Å². The fourth-order valence-electron chi connectivity index (χ4n) is 4.77. The summed E-state index contributed by atoms with van der Waals surface area (Å²) in [6.07, 6.45) is 6.19. The highest BCUT2D eigenvalue weighted by Crippen LogP contribution is 2.43. The predicted octanol–water partition coefficient (Wildman–Crippen LogP) is 5.42. The van der Waals surface area contributed by atoms with E-state index in [-0.39, 0.29) is 12.2 Å². The molecule has 7 nitrogen and oxygen atoms in total. The minimum Gasteiger partial charge on any atom is -0.486 e. The van der Waals surface area contributed by atoms with E-state index in [9.17, 15) is 4.79 Å². The predicted molar refractivity (Wildman–Crippen MR) is 141 cm³/mol. The molecule has 186 valence electrons. The van der Waals surface area contributed by atoms with Crippen LogP contribution in [0.3, 0.4) is 0 Å². The van der Waals surface area contributed by atoms with Crippen LogP contribution in [0.2, 0.25) is 0 Å². The molecule has 2 aromatic carbocycles. The fraction of sp³-hybridized carbons (Fsp3) is 0.444. The van der Waals surface area contributed by atoms with E-state index >= 15 is 0 Å². The van der Waals surface area contributed by atoms with E-state index in [1.807, 2.05) is 50.2 Å². The summed E-state index contributed by atoms with van der Waals surface area (Å²) in [5, 5.41) is 8.43. The van der Waals surface area contributed by atoms with Crippen molar-refractivity contribution in [3.8, 4) is 11.5 Å². The third-order valence-electron chi connectivity index (χ3n) is 6.52. The van der Waals surface area contributed by atoms with Gasteiger partial charge in [-0.3, -0.25) is 5.43 Å². The second-order valence-corrected chi connectivity index (χ2v) is 9.57. The van der Waals surface area contributed by atoms with Crippen molar-refractivity contribution in [1.82, 2.24) is 5.43 Å². The number of hydrogen-bond donors (Lipinski definition) is 2. The van der Waals surface area contributed by atoms with Crippen molar-refractivity contribution in [3.63, 3.8) is 0 Å². The molecule has 1 aliphatic carbocycles. The highest BCUT2D eigenvalue weighted by atomic mass is 32.1. The molecule has 4 rings (SSSR count). The van der Waals surface area contributed by atoms with Crippen molar-refractivity contribution in [2.24, 2.45) is 5.10 Å². The maximum atomic E-state index is 11.7. The summed E-state index contributed by atoms with van der Waals surface area (Å²) in [4.78, 5) is 11.7. The van der Waals surface area contributed by atoms with Gasteiger partial charge in [0.25, 0.3) is 0 Å². The minimum absolute atomic E-state index is 0.147. The number of nitrogens with one attached hydrogen (secondary N) is 2. The molecule has 0 radical (unpaired) electrons. The van der Waals surface area contributed by atoms with Gasteiger partial charge in [0.15, 0.2) is 11.7 Å². The molecule has 0 unspecified atom stereocenters. The Labute approximate surface area is 212 Å². The van der Waals surface area contributed by atoms with Crippen LogP contribution in [0.15, 0.2) is 41.5 Å². The molecule has 0 amide bonds. The Kier molecular flexibility index (Phi) is 7.90. The molecule has 2 aliphatic rings. The topological polar surface area (TPSA) is 81.2 Å². The van der Waals surface area contributed by atoms with Gasteiger partial charge in [-0.05, 0) is 88.0 Å². The van der Waals surface area contributed by atoms with Gasteiger partial charge >= 0.3 is 5.97 Å². The van der Waals surface area contributed by atoms with Gasteiger partial charge in [-0.15, -0.1) is 0 Å². The van der Waals surface area contributed by atoms with Crippen molar-refractivity contribution < 1.29 is 19.0 Å². The molecule has 1 fully saturated rings. The van der Waals surface area contributed by atoms with Gasteiger partial charge in [-0.25, -0.2) is 4.79 Å². The molecule has 1 aliphatic heterocycles. The largest absolute Gasteiger partial charge is 0.486 e. The summed E-state index contributed by atoms with van der Waals surface area (Å²) in [5.74, 6) is 0.931. The molecule has 0 aromatic heterocycles. The summed E-state index contributed by atoms with van der Waals surface area (Å²) in [5.41, 5.74) is 7.70. The zero-order chi connectivity index (χ0) is 24.8. The lowest BCUT2D eigenvalue weighted by Crippen LogP contribution is -2.44. The van der Waals surface area contributed by atoms with E-state index in [1.54, 1.807) is 6.92 Å². The SMILES string of the molecule is CCOC(=O)COc1ccc2c(c1)C(=NNC(=S)Nc1c(C)cccc1C)CC1(CCCCC1)O2. The number of aryl methyl sites for hydroxylation is 2. The number of nitrogens with zero attached hydrogens (tertiary/aromatic N) is 1. The smallest absolute Gasteiger partial charge is 0.344 e. The number of ether oxygens (including phenoxy) is 3. The summed E-state index contributed by atoms with van der Waals surface area (Å²) in [6.45, 7) is 6.03. The first-order chi connectivity index (χ1) is 16.9. The first-order valence-electron chi connectivity index (χ1n) is 12.2. The Morgan fingerprint density at radius 3 is 2.60 bits per heavy atom. The number of carbonyl (C=O) groups is 1. The zero-order valence-electron chi connectivity index (χ0n) is 20.6. The van der Waals surface area contributed by atoms with Crippen LogP contribution < -0.4 is 20.2 Å². The van der Waals surface area contributed by atoms with Crippen LogP contribution in [-0.2, 0) is 9.53 Å². The number of hydrazone groups is 1. The normalized spacial score (nSPS) is 17.3. The highest BCUT2D eigenvalue weighted by molar-refractivity contribution is 7.80. The van der Waals surface area contributed by atoms with Crippen molar-refractivity contribution in [1.29, 1.82) is 0 Å². The molecule has 0 atom stereocenters. The molecule has 2 N–H and O–H groups in total. The van der Waals surface area contributed by atoms with Gasteiger partial charge in [0.1, 0.15) is 17.1 Å². The van der Waals surface area contributed by atoms with Gasteiger partial charge in [-0.1, -0.05) is 24.6 Å². The molecule has 8 heteroatoms. The van der Waals surface area contributed by atoms with Crippen LogP contribution in [0.5, 0.6) is 11.5 Å². The van der Waals surface area contributed by atoms with Gasteiger partial charge < -0.3 is 19.5 Å².